The van der Waals surface area contributed by atoms with E-state index in [0.717, 1.165) is 27.8 Å². The van der Waals surface area contributed by atoms with Crippen molar-refractivity contribution in [1.82, 2.24) is 10.2 Å². The maximum atomic E-state index is 14.7. The molecule has 1 N–H and O–H groups in total. The number of amides is 2. The first-order chi connectivity index (χ1) is 21.8. The van der Waals surface area contributed by atoms with Crippen molar-refractivity contribution < 1.29 is 18.0 Å². The van der Waals surface area contributed by atoms with Crippen molar-refractivity contribution in [2.75, 3.05) is 10.8 Å². The number of rotatable bonds is 12. The minimum Gasteiger partial charge on any atom is -0.350 e. The molecular weight excluding hydrogens is 595 g/mol. The van der Waals surface area contributed by atoms with Gasteiger partial charge in [0.2, 0.25) is 11.8 Å². The normalized spacial score (nSPS) is 12.3. The first kappa shape index (κ1) is 34.4. The molecule has 1 unspecified atom stereocenters. The summed E-state index contributed by atoms with van der Waals surface area (Å²) in [6.07, 6.45) is 0.832. The fourth-order valence-electron chi connectivity index (χ4n) is 5.42. The van der Waals surface area contributed by atoms with E-state index in [9.17, 15) is 18.0 Å². The molecule has 4 aromatic rings. The lowest BCUT2D eigenvalue weighted by Gasteiger charge is -2.35. The van der Waals surface area contributed by atoms with Crippen molar-refractivity contribution in [3.8, 4) is 0 Å². The van der Waals surface area contributed by atoms with Gasteiger partial charge in [0.1, 0.15) is 12.6 Å². The van der Waals surface area contributed by atoms with E-state index < -0.39 is 34.1 Å². The summed E-state index contributed by atoms with van der Waals surface area (Å²) in [4.78, 5) is 30.4. The second-order valence-electron chi connectivity index (χ2n) is 12.8. The average molecular weight is 640 g/mol. The number of benzene rings is 4. The monoisotopic (exact) mass is 639 g/mol. The van der Waals surface area contributed by atoms with Crippen LogP contribution in [0.3, 0.4) is 0 Å². The number of anilines is 1. The van der Waals surface area contributed by atoms with Crippen LogP contribution in [-0.4, -0.2) is 43.3 Å². The van der Waals surface area contributed by atoms with Crippen LogP contribution in [0.4, 0.5) is 5.69 Å². The molecule has 0 aliphatic rings. The van der Waals surface area contributed by atoms with Gasteiger partial charge < -0.3 is 10.2 Å². The number of para-hydroxylation sites is 1. The standard InChI is InChI=1S/C38H45N3O4S/c1-7-32-18-11-12-19-34(32)41(46(44,45)33-22-20-28(2)21-23-33)27-36(42)40(26-31-17-13-14-29(3)24-31)35(37(43)39-38(4,5)6)25-30-15-9-8-10-16-30/h8-24,35H,7,25-27H2,1-6H3,(H,39,43). The van der Waals surface area contributed by atoms with Gasteiger partial charge in [-0.15, -0.1) is 0 Å². The van der Waals surface area contributed by atoms with Gasteiger partial charge in [-0.05, 0) is 75.9 Å². The second-order valence-corrected chi connectivity index (χ2v) is 14.6. The van der Waals surface area contributed by atoms with Gasteiger partial charge in [0.05, 0.1) is 10.6 Å². The van der Waals surface area contributed by atoms with Crippen molar-refractivity contribution in [2.24, 2.45) is 0 Å². The zero-order chi connectivity index (χ0) is 33.5. The minimum absolute atomic E-state index is 0.0911. The molecule has 0 spiro atoms. The molecular formula is C38H45N3O4S. The Morgan fingerprint density at radius 3 is 2.04 bits per heavy atom. The summed E-state index contributed by atoms with van der Waals surface area (Å²) < 4.78 is 29.9. The molecule has 0 heterocycles. The molecule has 1 atom stereocenters. The van der Waals surface area contributed by atoms with Gasteiger partial charge in [0, 0.05) is 18.5 Å². The van der Waals surface area contributed by atoms with Crippen molar-refractivity contribution in [3.05, 3.63) is 131 Å². The Morgan fingerprint density at radius 2 is 1.41 bits per heavy atom. The van der Waals surface area contributed by atoms with Crippen molar-refractivity contribution in [2.45, 2.75) is 77.4 Å². The molecule has 0 radical (unpaired) electrons. The number of nitrogens with one attached hydrogen (secondary N) is 1. The molecule has 0 aliphatic heterocycles. The van der Waals surface area contributed by atoms with E-state index >= 15 is 0 Å². The van der Waals surface area contributed by atoms with Crippen molar-refractivity contribution in [3.63, 3.8) is 0 Å². The largest absolute Gasteiger partial charge is 0.350 e. The lowest BCUT2D eigenvalue weighted by Crippen LogP contribution is -2.56. The van der Waals surface area contributed by atoms with Crippen LogP contribution in [0.5, 0.6) is 0 Å². The highest BCUT2D eigenvalue weighted by Crippen LogP contribution is 2.29. The third-order valence-electron chi connectivity index (χ3n) is 7.73. The number of carbonyl (C=O) groups excluding carboxylic acids is 2. The second kappa shape index (κ2) is 14.8. The predicted molar refractivity (Wildman–Crippen MR) is 185 cm³/mol. The zero-order valence-corrected chi connectivity index (χ0v) is 28.5. The molecule has 0 aliphatic carbocycles. The summed E-state index contributed by atoms with van der Waals surface area (Å²) in [6.45, 7) is 11.2. The fourth-order valence-corrected chi connectivity index (χ4v) is 6.87. The lowest BCUT2D eigenvalue weighted by molar-refractivity contribution is -0.140. The first-order valence-corrected chi connectivity index (χ1v) is 17.1. The maximum absolute atomic E-state index is 14.7. The third kappa shape index (κ3) is 8.85. The summed E-state index contributed by atoms with van der Waals surface area (Å²) in [5, 5.41) is 3.07. The summed E-state index contributed by atoms with van der Waals surface area (Å²) in [5.41, 5.74) is 4.36. The molecule has 4 aromatic carbocycles. The van der Waals surface area contributed by atoms with E-state index in [1.807, 2.05) is 108 Å². The summed E-state index contributed by atoms with van der Waals surface area (Å²) in [7, 11) is -4.16. The first-order valence-electron chi connectivity index (χ1n) is 15.7. The summed E-state index contributed by atoms with van der Waals surface area (Å²) in [6, 6.07) is 30.3. The SMILES string of the molecule is CCc1ccccc1N(CC(=O)N(Cc1cccc(C)c1)C(Cc1ccccc1)C(=O)NC(C)(C)C)S(=O)(=O)c1ccc(C)cc1. The predicted octanol–water partition coefficient (Wildman–Crippen LogP) is 6.62. The van der Waals surface area contributed by atoms with Gasteiger partial charge >= 0.3 is 0 Å². The van der Waals surface area contributed by atoms with Crippen LogP contribution >= 0.6 is 0 Å². The smallest absolute Gasteiger partial charge is 0.264 e. The summed E-state index contributed by atoms with van der Waals surface area (Å²) in [5.74, 6) is -0.785. The Hall–Kier alpha value is -4.43. The molecule has 46 heavy (non-hydrogen) atoms. The highest BCUT2D eigenvalue weighted by molar-refractivity contribution is 7.92. The quantitative estimate of drug-likeness (QED) is 0.189. The molecule has 0 aromatic heterocycles. The van der Waals surface area contributed by atoms with Crippen LogP contribution < -0.4 is 9.62 Å². The van der Waals surface area contributed by atoms with Crippen LogP contribution in [0.1, 0.15) is 55.5 Å². The summed E-state index contributed by atoms with van der Waals surface area (Å²) >= 11 is 0. The Morgan fingerprint density at radius 1 is 0.783 bits per heavy atom. The van der Waals surface area contributed by atoms with E-state index in [1.165, 1.54) is 9.21 Å². The molecule has 0 fully saturated rings. The maximum Gasteiger partial charge on any atom is 0.264 e. The molecule has 0 saturated heterocycles. The number of nitrogens with zero attached hydrogens (tertiary/aromatic N) is 2. The Labute approximate surface area is 274 Å². The highest BCUT2D eigenvalue weighted by Gasteiger charge is 2.36. The van der Waals surface area contributed by atoms with Crippen LogP contribution in [0.2, 0.25) is 0 Å². The third-order valence-corrected chi connectivity index (χ3v) is 9.51. The van der Waals surface area contributed by atoms with Crippen LogP contribution in [-0.2, 0) is 39.0 Å². The molecule has 242 valence electrons. The molecule has 0 bridgehead atoms. The van der Waals surface area contributed by atoms with Crippen molar-refractivity contribution in [1.29, 1.82) is 0 Å². The van der Waals surface area contributed by atoms with Gasteiger partial charge in [0.15, 0.2) is 0 Å². The minimum atomic E-state index is -4.16. The number of hydrogen-bond donors (Lipinski definition) is 1. The van der Waals surface area contributed by atoms with E-state index in [-0.39, 0.29) is 23.8 Å². The number of aryl methyl sites for hydroxylation is 3. The van der Waals surface area contributed by atoms with Gasteiger partial charge in [-0.2, -0.15) is 0 Å². The van der Waals surface area contributed by atoms with Gasteiger partial charge in [-0.3, -0.25) is 13.9 Å². The van der Waals surface area contributed by atoms with E-state index in [4.69, 9.17) is 0 Å². The molecule has 4 rings (SSSR count). The Balaban J connectivity index is 1.85. The van der Waals surface area contributed by atoms with Crippen LogP contribution in [0.15, 0.2) is 108 Å². The van der Waals surface area contributed by atoms with E-state index in [0.29, 0.717) is 12.1 Å². The van der Waals surface area contributed by atoms with E-state index in [2.05, 4.69) is 5.32 Å². The van der Waals surface area contributed by atoms with Crippen molar-refractivity contribution >= 4 is 27.5 Å². The van der Waals surface area contributed by atoms with Crippen LogP contribution in [0, 0.1) is 13.8 Å². The topological polar surface area (TPSA) is 86.8 Å². The molecule has 0 saturated carbocycles. The Bertz CT molecular complexity index is 1750. The fraction of sp³-hybridized carbons (Fsp3) is 0.316. The zero-order valence-electron chi connectivity index (χ0n) is 27.7. The lowest BCUT2D eigenvalue weighted by atomic mass is 10.0. The molecule has 8 heteroatoms. The number of sulfonamides is 1. The van der Waals surface area contributed by atoms with E-state index in [1.54, 1.807) is 36.4 Å². The molecule has 7 nitrogen and oxygen atoms in total. The number of hydrogen-bond acceptors (Lipinski definition) is 4. The van der Waals surface area contributed by atoms with Gasteiger partial charge in [0.25, 0.3) is 10.0 Å². The number of carbonyl (C=O) groups is 2. The van der Waals surface area contributed by atoms with Crippen LogP contribution in [0.25, 0.3) is 0 Å². The van der Waals surface area contributed by atoms with Gasteiger partial charge in [-0.25, -0.2) is 8.42 Å². The molecule has 2 amide bonds. The Kier molecular flexibility index (Phi) is 11.1. The van der Waals surface area contributed by atoms with Gasteiger partial charge in [-0.1, -0.05) is 103 Å². The average Bonchev–Trinajstić information content (AvgIpc) is 3.01. The highest BCUT2D eigenvalue weighted by atomic mass is 32.2.